The van der Waals surface area contributed by atoms with Crippen LogP contribution in [0.2, 0.25) is 5.02 Å². The van der Waals surface area contributed by atoms with Crippen molar-refractivity contribution in [3.8, 4) is 0 Å². The Hall–Kier alpha value is -4.23. The van der Waals surface area contributed by atoms with Gasteiger partial charge in [0.1, 0.15) is 6.61 Å². The highest BCUT2D eigenvalue weighted by Crippen LogP contribution is 2.31. The molecule has 0 spiro atoms. The van der Waals surface area contributed by atoms with Crippen LogP contribution in [-0.4, -0.2) is 22.0 Å². The van der Waals surface area contributed by atoms with Gasteiger partial charge in [-0.1, -0.05) is 66.2 Å². The molecule has 0 saturated carbocycles. The Morgan fingerprint density at radius 3 is 2.47 bits per heavy atom. The van der Waals surface area contributed by atoms with Gasteiger partial charge in [0.2, 0.25) is 0 Å². The van der Waals surface area contributed by atoms with Crippen LogP contribution in [0.5, 0.6) is 0 Å². The topological polar surface area (TPSA) is 93.2 Å². The number of ether oxygens (including phenoxy) is 1. The first-order valence-electron chi connectivity index (χ1n) is 11.5. The first-order valence-corrected chi connectivity index (χ1v) is 11.9. The molecule has 8 heteroatoms. The highest BCUT2D eigenvalue weighted by atomic mass is 35.5. The first kappa shape index (κ1) is 23.5. The number of aromatic nitrogens is 2. The zero-order valence-corrected chi connectivity index (χ0v) is 20.0. The summed E-state index contributed by atoms with van der Waals surface area (Å²) in [5, 5.41) is 6.35. The van der Waals surface area contributed by atoms with E-state index < -0.39 is 18.0 Å². The molecule has 180 valence electrons. The number of hydrogen-bond acceptors (Lipinski definition) is 5. The minimum absolute atomic E-state index is 0.116. The summed E-state index contributed by atoms with van der Waals surface area (Å²) in [6, 6.07) is 21.4. The highest BCUT2D eigenvalue weighted by Gasteiger charge is 2.34. The van der Waals surface area contributed by atoms with Crippen LogP contribution in [0.1, 0.15) is 29.2 Å². The van der Waals surface area contributed by atoms with Crippen LogP contribution in [0.25, 0.3) is 11.0 Å². The van der Waals surface area contributed by atoms with Crippen molar-refractivity contribution in [2.24, 2.45) is 0 Å². The van der Waals surface area contributed by atoms with Crippen molar-refractivity contribution >= 4 is 34.6 Å². The van der Waals surface area contributed by atoms with Gasteiger partial charge in [-0.05, 0) is 47.7 Å². The number of nitrogens with zero attached hydrogens (tertiary/aromatic N) is 2. The second-order valence-electron chi connectivity index (χ2n) is 8.38. The molecule has 36 heavy (non-hydrogen) atoms. The van der Waals surface area contributed by atoms with Gasteiger partial charge in [0.05, 0.1) is 22.6 Å². The minimum atomic E-state index is -0.713. The third-order valence-electron chi connectivity index (χ3n) is 6.02. The number of amides is 2. The van der Waals surface area contributed by atoms with Gasteiger partial charge in [0.25, 0.3) is 0 Å². The van der Waals surface area contributed by atoms with Crippen LogP contribution in [0.4, 0.5) is 4.79 Å². The number of aryl methyl sites for hydroxylation is 1. The summed E-state index contributed by atoms with van der Waals surface area (Å²) in [5.41, 5.74) is 4.74. The van der Waals surface area contributed by atoms with Crippen LogP contribution < -0.4 is 10.6 Å². The zero-order chi connectivity index (χ0) is 24.9. The summed E-state index contributed by atoms with van der Waals surface area (Å²) in [6.07, 6.45) is 4.16. The minimum Gasteiger partial charge on any atom is -0.457 e. The average Bonchev–Trinajstić information content (AvgIpc) is 2.91. The van der Waals surface area contributed by atoms with Gasteiger partial charge >= 0.3 is 12.0 Å². The maximum absolute atomic E-state index is 13.5. The molecule has 2 amide bonds. The van der Waals surface area contributed by atoms with E-state index in [4.69, 9.17) is 16.3 Å². The molecule has 0 aliphatic carbocycles. The summed E-state index contributed by atoms with van der Waals surface area (Å²) in [6.45, 7) is 0.116. The molecule has 0 bridgehead atoms. The molecular weight excluding hydrogens is 476 g/mol. The van der Waals surface area contributed by atoms with E-state index in [0.717, 1.165) is 16.6 Å². The number of benzene rings is 3. The van der Waals surface area contributed by atoms with E-state index in [1.807, 2.05) is 72.8 Å². The number of allylic oxidation sites excluding steroid dienone is 1. The second kappa shape index (κ2) is 10.6. The second-order valence-corrected chi connectivity index (χ2v) is 8.79. The monoisotopic (exact) mass is 498 g/mol. The molecule has 4 aromatic rings. The lowest BCUT2D eigenvalue weighted by atomic mass is 9.92. The number of rotatable bonds is 7. The van der Waals surface area contributed by atoms with E-state index >= 15 is 0 Å². The van der Waals surface area contributed by atoms with E-state index in [-0.39, 0.29) is 6.61 Å². The molecule has 1 aromatic heterocycles. The lowest BCUT2D eigenvalue weighted by Crippen LogP contribution is -2.46. The summed E-state index contributed by atoms with van der Waals surface area (Å²) in [4.78, 5) is 34.8. The number of halogens is 1. The molecule has 5 rings (SSSR count). The van der Waals surface area contributed by atoms with Crippen molar-refractivity contribution in [3.63, 3.8) is 0 Å². The third kappa shape index (κ3) is 5.21. The number of esters is 1. The van der Waals surface area contributed by atoms with Crippen molar-refractivity contribution < 1.29 is 14.3 Å². The van der Waals surface area contributed by atoms with Crippen LogP contribution >= 0.6 is 11.6 Å². The number of hydrogen-bond donors (Lipinski definition) is 2. The van der Waals surface area contributed by atoms with E-state index in [0.29, 0.717) is 40.2 Å². The molecular formula is C28H23ClN4O3. The highest BCUT2D eigenvalue weighted by molar-refractivity contribution is 6.31. The quantitative estimate of drug-likeness (QED) is 0.339. The molecule has 1 unspecified atom stereocenters. The van der Waals surface area contributed by atoms with Gasteiger partial charge in [-0.25, -0.2) is 9.59 Å². The zero-order valence-electron chi connectivity index (χ0n) is 19.3. The molecule has 1 atom stereocenters. The SMILES string of the molecule is O=C1NC(CCc2ccccc2Cl)=C(C(=O)OCc2ccccc2)C(c2ccc3nccnc3c2)N1. The molecule has 2 heterocycles. The van der Waals surface area contributed by atoms with Crippen molar-refractivity contribution in [1.82, 2.24) is 20.6 Å². The Balaban J connectivity index is 1.51. The van der Waals surface area contributed by atoms with Crippen molar-refractivity contribution in [1.29, 1.82) is 0 Å². The maximum Gasteiger partial charge on any atom is 0.338 e. The van der Waals surface area contributed by atoms with E-state index in [2.05, 4.69) is 20.6 Å². The fourth-order valence-corrected chi connectivity index (χ4v) is 4.46. The predicted molar refractivity (Wildman–Crippen MR) is 137 cm³/mol. The number of carbonyl (C=O) groups excluding carboxylic acids is 2. The Morgan fingerprint density at radius 1 is 0.917 bits per heavy atom. The molecule has 3 aromatic carbocycles. The van der Waals surface area contributed by atoms with Gasteiger partial charge in [-0.2, -0.15) is 0 Å². The summed E-state index contributed by atoms with van der Waals surface area (Å²) in [7, 11) is 0. The number of urea groups is 1. The van der Waals surface area contributed by atoms with Crippen molar-refractivity contribution in [2.45, 2.75) is 25.5 Å². The lowest BCUT2D eigenvalue weighted by molar-refractivity contribution is -0.140. The van der Waals surface area contributed by atoms with Gasteiger partial charge in [-0.15, -0.1) is 0 Å². The van der Waals surface area contributed by atoms with Crippen molar-refractivity contribution in [3.05, 3.63) is 118 Å². The van der Waals surface area contributed by atoms with Crippen LogP contribution in [0.3, 0.4) is 0 Å². The first-order chi connectivity index (χ1) is 17.6. The molecule has 7 nitrogen and oxygen atoms in total. The predicted octanol–water partition coefficient (Wildman–Crippen LogP) is 5.27. The standard InChI is InChI=1S/C28H23ClN4O3/c29-21-9-5-4-8-19(21)10-13-23-25(27(34)36-17-18-6-2-1-3-7-18)26(33-28(35)32-23)20-11-12-22-24(16-20)31-15-14-30-22/h1-9,11-12,14-16,26H,10,13,17H2,(H2,32,33,35). The van der Waals surface area contributed by atoms with E-state index in [1.165, 1.54) is 0 Å². The van der Waals surface area contributed by atoms with Crippen molar-refractivity contribution in [2.75, 3.05) is 0 Å². The van der Waals surface area contributed by atoms with Gasteiger partial charge in [0.15, 0.2) is 0 Å². The Kier molecular flexibility index (Phi) is 6.91. The molecule has 0 saturated heterocycles. The molecule has 2 N–H and O–H groups in total. The van der Waals surface area contributed by atoms with Crippen LogP contribution in [0.15, 0.2) is 96.5 Å². The lowest BCUT2D eigenvalue weighted by Gasteiger charge is -2.29. The Labute approximate surface area is 213 Å². The van der Waals surface area contributed by atoms with Crippen LogP contribution in [-0.2, 0) is 22.6 Å². The molecule has 0 radical (unpaired) electrons. The summed E-state index contributed by atoms with van der Waals surface area (Å²) >= 11 is 6.35. The molecule has 1 aliphatic heterocycles. The maximum atomic E-state index is 13.5. The normalized spacial score (nSPS) is 15.4. The third-order valence-corrected chi connectivity index (χ3v) is 6.38. The Bertz CT molecular complexity index is 1460. The largest absolute Gasteiger partial charge is 0.457 e. The van der Waals surface area contributed by atoms with E-state index in [9.17, 15) is 9.59 Å². The van der Waals surface area contributed by atoms with Crippen LogP contribution in [0, 0.1) is 0 Å². The molecule has 0 fully saturated rings. The Morgan fingerprint density at radius 2 is 1.67 bits per heavy atom. The fraction of sp³-hybridized carbons (Fsp3) is 0.143. The van der Waals surface area contributed by atoms with Gasteiger partial charge in [0, 0.05) is 23.1 Å². The summed E-state index contributed by atoms with van der Waals surface area (Å²) < 4.78 is 5.71. The van der Waals surface area contributed by atoms with E-state index in [1.54, 1.807) is 12.4 Å². The van der Waals surface area contributed by atoms with Gasteiger partial charge in [-0.3, -0.25) is 9.97 Å². The fourth-order valence-electron chi connectivity index (χ4n) is 4.23. The number of carbonyl (C=O) groups is 2. The summed E-state index contributed by atoms with van der Waals surface area (Å²) in [5.74, 6) is -0.509. The van der Waals surface area contributed by atoms with Gasteiger partial charge < -0.3 is 15.4 Å². The molecule has 1 aliphatic rings. The smallest absolute Gasteiger partial charge is 0.338 e. The number of nitrogens with one attached hydrogen (secondary N) is 2. The number of fused-ring (bicyclic) bond motifs is 1. The average molecular weight is 499 g/mol.